The van der Waals surface area contributed by atoms with Gasteiger partial charge in [-0.05, 0) is 74.3 Å². The Morgan fingerprint density at radius 2 is 2.00 bits per heavy atom. The molecule has 0 bridgehead atoms. The number of amides is 1. The molecule has 2 unspecified atom stereocenters. The molecule has 11 heteroatoms. The molecule has 9 nitrogen and oxygen atoms in total. The van der Waals surface area contributed by atoms with Crippen LogP contribution in [0.5, 0.6) is 0 Å². The third-order valence-electron chi connectivity index (χ3n) is 6.78. The lowest BCUT2D eigenvalue weighted by molar-refractivity contribution is 0.0923. The van der Waals surface area contributed by atoms with E-state index < -0.39 is 21.6 Å². The molecule has 1 aliphatic heterocycles. The second-order valence-corrected chi connectivity index (χ2v) is 11.5. The van der Waals surface area contributed by atoms with Gasteiger partial charge in [-0.25, -0.2) is 17.8 Å². The highest BCUT2D eigenvalue weighted by Gasteiger charge is 2.26. The molecule has 2 aromatic heterocycles. The lowest BCUT2D eigenvalue weighted by Crippen LogP contribution is -2.47. The molecule has 1 saturated heterocycles. The van der Waals surface area contributed by atoms with Gasteiger partial charge in [-0.15, -0.1) is 0 Å². The number of carbonyl (C=O) groups is 1. The summed E-state index contributed by atoms with van der Waals surface area (Å²) in [4.78, 5) is 22.1. The fraction of sp³-hybridized carbons (Fsp3) is 0.296. The fourth-order valence-corrected chi connectivity index (χ4v) is 5.37. The smallest absolute Gasteiger partial charge is 0.254 e. The molecule has 0 spiro atoms. The molecule has 0 aliphatic carbocycles. The zero-order valence-corrected chi connectivity index (χ0v) is 21.9. The van der Waals surface area contributed by atoms with Gasteiger partial charge < -0.3 is 20.5 Å². The van der Waals surface area contributed by atoms with E-state index in [1.165, 1.54) is 18.2 Å². The molecule has 1 aliphatic rings. The zero-order valence-electron chi connectivity index (χ0n) is 21.1. The highest BCUT2D eigenvalue weighted by Crippen LogP contribution is 2.23. The van der Waals surface area contributed by atoms with E-state index in [1.54, 1.807) is 30.5 Å². The Balaban J connectivity index is 1.38. The number of benzene rings is 2. The topological polar surface area (TPSA) is 118 Å². The van der Waals surface area contributed by atoms with Crippen LogP contribution >= 0.6 is 0 Å². The van der Waals surface area contributed by atoms with Crippen molar-refractivity contribution in [2.24, 2.45) is 0 Å². The van der Waals surface area contributed by atoms with E-state index in [2.05, 4.69) is 25.9 Å². The molecule has 1 fully saturated rings. The summed E-state index contributed by atoms with van der Waals surface area (Å²) in [6, 6.07) is 12.7. The predicted molar refractivity (Wildman–Crippen MR) is 144 cm³/mol. The summed E-state index contributed by atoms with van der Waals surface area (Å²) >= 11 is 0. The summed E-state index contributed by atoms with van der Waals surface area (Å²) in [7, 11) is -3.30. The van der Waals surface area contributed by atoms with E-state index in [4.69, 9.17) is 0 Å². The standard InChI is InChI=1S/C27H29FN6O3S/c1-3-23(24-5-4-13-29-24)32-26(35)21-15-18(6-11-22(21)28)31-27-30-16-17-12-14-34(25(17)33-27)19-7-9-20(10-8-19)38(2,36)37/h6-12,14-16,23-24,29H,3-5,13H2,1-2H3,(H,32,35)(H,30,31,33). The van der Waals surface area contributed by atoms with Crippen molar-refractivity contribution >= 4 is 38.4 Å². The number of halogens is 1. The number of aromatic nitrogens is 3. The summed E-state index contributed by atoms with van der Waals surface area (Å²) in [6.07, 6.45) is 7.42. The minimum Gasteiger partial charge on any atom is -0.348 e. The number of fused-ring (bicyclic) bond motifs is 1. The van der Waals surface area contributed by atoms with Crippen molar-refractivity contribution in [1.29, 1.82) is 0 Å². The average Bonchev–Trinajstić information content (AvgIpc) is 3.58. The first kappa shape index (κ1) is 25.8. The van der Waals surface area contributed by atoms with Gasteiger partial charge in [-0.1, -0.05) is 6.92 Å². The molecule has 3 N–H and O–H groups in total. The van der Waals surface area contributed by atoms with Gasteiger partial charge in [0.15, 0.2) is 9.84 Å². The largest absolute Gasteiger partial charge is 0.348 e. The maximum absolute atomic E-state index is 14.6. The van der Waals surface area contributed by atoms with Gasteiger partial charge in [-0.2, -0.15) is 4.98 Å². The van der Waals surface area contributed by atoms with Crippen molar-refractivity contribution < 1.29 is 17.6 Å². The maximum Gasteiger partial charge on any atom is 0.254 e. The van der Waals surface area contributed by atoms with Crippen molar-refractivity contribution in [2.45, 2.75) is 43.2 Å². The van der Waals surface area contributed by atoms with Gasteiger partial charge in [-0.3, -0.25) is 4.79 Å². The number of anilines is 2. The van der Waals surface area contributed by atoms with E-state index in [-0.39, 0.29) is 28.5 Å². The molecule has 38 heavy (non-hydrogen) atoms. The molecule has 2 atom stereocenters. The van der Waals surface area contributed by atoms with Crippen LogP contribution in [-0.4, -0.2) is 53.7 Å². The van der Waals surface area contributed by atoms with Gasteiger partial charge in [0.25, 0.3) is 5.91 Å². The number of sulfone groups is 1. The van der Waals surface area contributed by atoms with Crippen molar-refractivity contribution in [3.05, 3.63) is 72.3 Å². The van der Waals surface area contributed by atoms with Crippen LogP contribution < -0.4 is 16.0 Å². The van der Waals surface area contributed by atoms with Crippen molar-refractivity contribution in [3.8, 4) is 5.69 Å². The molecule has 3 heterocycles. The maximum atomic E-state index is 14.6. The summed E-state index contributed by atoms with van der Waals surface area (Å²) in [6.45, 7) is 2.92. The molecular formula is C27H29FN6O3S. The summed E-state index contributed by atoms with van der Waals surface area (Å²) in [5.74, 6) is -0.802. The number of hydrogen-bond acceptors (Lipinski definition) is 7. The molecular weight excluding hydrogens is 507 g/mol. The molecule has 2 aromatic carbocycles. The summed E-state index contributed by atoms with van der Waals surface area (Å²) in [5, 5.41) is 10.2. The van der Waals surface area contributed by atoms with Crippen LogP contribution in [0.2, 0.25) is 0 Å². The van der Waals surface area contributed by atoms with Gasteiger partial charge in [0, 0.05) is 47.5 Å². The van der Waals surface area contributed by atoms with Crippen LogP contribution in [0, 0.1) is 5.82 Å². The second kappa shape index (κ2) is 10.5. The van der Waals surface area contributed by atoms with E-state index in [0.717, 1.165) is 43.1 Å². The first-order chi connectivity index (χ1) is 18.2. The average molecular weight is 537 g/mol. The Hall–Kier alpha value is -3.83. The highest BCUT2D eigenvalue weighted by molar-refractivity contribution is 7.90. The first-order valence-electron chi connectivity index (χ1n) is 12.5. The van der Waals surface area contributed by atoms with E-state index in [1.807, 2.05) is 23.8 Å². The molecule has 0 saturated carbocycles. The Labute approximate surface area is 220 Å². The lowest BCUT2D eigenvalue weighted by atomic mass is 10.0. The van der Waals surface area contributed by atoms with Crippen molar-refractivity contribution in [3.63, 3.8) is 0 Å². The Morgan fingerprint density at radius 1 is 1.21 bits per heavy atom. The third-order valence-corrected chi connectivity index (χ3v) is 7.91. The molecule has 5 rings (SSSR count). The van der Waals surface area contributed by atoms with Gasteiger partial charge in [0.2, 0.25) is 5.95 Å². The Bertz CT molecular complexity index is 1580. The van der Waals surface area contributed by atoms with Crippen LogP contribution in [0.15, 0.2) is 65.8 Å². The first-order valence-corrected chi connectivity index (χ1v) is 14.4. The van der Waals surface area contributed by atoms with Gasteiger partial charge in [0.1, 0.15) is 11.5 Å². The number of nitrogens with zero attached hydrogens (tertiary/aromatic N) is 3. The summed E-state index contributed by atoms with van der Waals surface area (Å²) in [5.41, 5.74) is 1.75. The zero-order chi connectivity index (χ0) is 26.9. The molecule has 198 valence electrons. The van der Waals surface area contributed by atoms with Crippen LogP contribution in [0.25, 0.3) is 16.7 Å². The van der Waals surface area contributed by atoms with Crippen LogP contribution in [-0.2, 0) is 9.84 Å². The normalized spacial score (nSPS) is 16.4. The van der Waals surface area contributed by atoms with Crippen molar-refractivity contribution in [1.82, 2.24) is 25.2 Å². The SMILES string of the molecule is CCC(NC(=O)c1cc(Nc2ncc3ccn(-c4ccc(S(C)(=O)=O)cc4)c3n2)ccc1F)C1CCCN1. The number of carbonyl (C=O) groups excluding carboxylic acids is 1. The highest BCUT2D eigenvalue weighted by atomic mass is 32.2. The Morgan fingerprint density at radius 3 is 2.68 bits per heavy atom. The van der Waals surface area contributed by atoms with Gasteiger partial charge >= 0.3 is 0 Å². The predicted octanol–water partition coefficient (Wildman–Crippen LogP) is 3.97. The van der Waals surface area contributed by atoms with Crippen LogP contribution in [0.4, 0.5) is 16.0 Å². The van der Waals surface area contributed by atoms with Crippen LogP contribution in [0.3, 0.4) is 0 Å². The fourth-order valence-electron chi connectivity index (χ4n) is 4.74. The number of rotatable bonds is 8. The molecule has 4 aromatic rings. The quantitative estimate of drug-likeness (QED) is 0.312. The van der Waals surface area contributed by atoms with Gasteiger partial charge in [0.05, 0.1) is 10.5 Å². The lowest BCUT2D eigenvalue weighted by Gasteiger charge is -2.24. The Kier molecular flexibility index (Phi) is 7.13. The van der Waals surface area contributed by atoms with Crippen molar-refractivity contribution in [2.75, 3.05) is 18.1 Å². The summed E-state index contributed by atoms with van der Waals surface area (Å²) < 4.78 is 40.0. The monoisotopic (exact) mass is 536 g/mol. The third kappa shape index (κ3) is 5.39. The minimum absolute atomic E-state index is 0.0538. The van der Waals surface area contributed by atoms with E-state index in [9.17, 15) is 17.6 Å². The molecule has 0 radical (unpaired) electrons. The van der Waals surface area contributed by atoms with E-state index >= 15 is 0 Å². The number of hydrogen-bond donors (Lipinski definition) is 3. The number of nitrogens with one attached hydrogen (secondary N) is 3. The van der Waals surface area contributed by atoms with Crippen LogP contribution in [0.1, 0.15) is 36.5 Å². The molecule has 1 amide bonds. The second-order valence-electron chi connectivity index (χ2n) is 9.44. The van der Waals surface area contributed by atoms with E-state index in [0.29, 0.717) is 11.3 Å². The minimum atomic E-state index is -3.30.